The molecule has 0 radical (unpaired) electrons. The Morgan fingerprint density at radius 3 is 2.81 bits per heavy atom. The Labute approximate surface area is 91.6 Å². The van der Waals surface area contributed by atoms with Gasteiger partial charge in [-0.25, -0.2) is 13.5 Å². The van der Waals surface area contributed by atoms with Gasteiger partial charge in [0.05, 0.1) is 6.20 Å². The average molecular weight is 229 g/mol. The van der Waals surface area contributed by atoms with Gasteiger partial charge in [0.15, 0.2) is 0 Å². The summed E-state index contributed by atoms with van der Waals surface area (Å²) in [7, 11) is 0. The summed E-state index contributed by atoms with van der Waals surface area (Å²) in [4.78, 5) is 11.6. The van der Waals surface area contributed by atoms with E-state index in [0.29, 0.717) is 12.4 Å². The molecule has 1 aromatic heterocycles. The van der Waals surface area contributed by atoms with E-state index in [0.717, 1.165) is 0 Å². The van der Waals surface area contributed by atoms with Crippen molar-refractivity contribution in [1.82, 2.24) is 9.78 Å². The normalized spacial score (nSPS) is 26.5. The lowest BCUT2D eigenvalue weighted by atomic mass is 10.1. The molecule has 2 rings (SSSR count). The fourth-order valence-electron chi connectivity index (χ4n) is 1.59. The lowest BCUT2D eigenvalue weighted by molar-refractivity contribution is -0.124. The van der Waals surface area contributed by atoms with E-state index >= 15 is 0 Å². The first kappa shape index (κ1) is 11.0. The highest BCUT2D eigenvalue weighted by Crippen LogP contribution is 2.60. The fraction of sp³-hybridized carbons (Fsp3) is 0.600. The summed E-state index contributed by atoms with van der Waals surface area (Å²) in [5.41, 5.74) is -1.56. The number of aryl methyl sites for hydroxylation is 1. The van der Waals surface area contributed by atoms with E-state index in [1.54, 1.807) is 10.7 Å². The average Bonchev–Trinajstić information content (AvgIpc) is 2.62. The molecule has 1 heterocycles. The highest BCUT2D eigenvalue weighted by atomic mass is 19.3. The zero-order valence-corrected chi connectivity index (χ0v) is 9.13. The Hall–Kier alpha value is -1.46. The number of carbonyl (C=O) groups excluding carboxylic acids is 1. The second-order valence-corrected chi connectivity index (χ2v) is 4.20. The van der Waals surface area contributed by atoms with E-state index < -0.39 is 17.2 Å². The van der Waals surface area contributed by atoms with Crippen LogP contribution in [0.4, 0.5) is 14.6 Å². The van der Waals surface area contributed by atoms with E-state index in [2.05, 4.69) is 10.4 Å². The van der Waals surface area contributed by atoms with Gasteiger partial charge in [0.25, 0.3) is 5.92 Å². The molecule has 1 saturated carbocycles. The number of alkyl halides is 2. The van der Waals surface area contributed by atoms with Crippen LogP contribution in [0.2, 0.25) is 0 Å². The number of nitrogens with one attached hydrogen (secondary N) is 1. The highest BCUT2D eigenvalue weighted by molar-refractivity contribution is 5.97. The number of carbonyl (C=O) groups is 1. The van der Waals surface area contributed by atoms with Crippen LogP contribution in [0.15, 0.2) is 12.3 Å². The minimum absolute atomic E-state index is 0.383. The van der Waals surface area contributed by atoms with Crippen LogP contribution in [-0.4, -0.2) is 21.6 Å². The Bertz CT molecular complexity index is 429. The van der Waals surface area contributed by atoms with Gasteiger partial charge in [0, 0.05) is 19.0 Å². The van der Waals surface area contributed by atoms with Crippen LogP contribution in [0.5, 0.6) is 0 Å². The van der Waals surface area contributed by atoms with Crippen molar-refractivity contribution in [3.63, 3.8) is 0 Å². The predicted octanol–water partition coefficient (Wildman–Crippen LogP) is 1.89. The number of hydrogen-bond acceptors (Lipinski definition) is 2. The van der Waals surface area contributed by atoms with Crippen molar-refractivity contribution in [2.75, 3.05) is 5.32 Å². The number of nitrogens with zero attached hydrogens (tertiary/aromatic N) is 2. The minimum Gasteiger partial charge on any atom is -0.310 e. The third kappa shape index (κ3) is 1.48. The van der Waals surface area contributed by atoms with Gasteiger partial charge in [-0.2, -0.15) is 5.10 Å². The number of hydrogen-bond donors (Lipinski definition) is 1. The van der Waals surface area contributed by atoms with Crippen molar-refractivity contribution < 1.29 is 13.6 Å². The van der Waals surface area contributed by atoms with Crippen molar-refractivity contribution in [3.05, 3.63) is 12.3 Å². The number of rotatable bonds is 3. The second-order valence-electron chi connectivity index (χ2n) is 4.20. The number of amides is 1. The second kappa shape index (κ2) is 3.26. The Morgan fingerprint density at radius 2 is 2.31 bits per heavy atom. The van der Waals surface area contributed by atoms with E-state index in [1.807, 2.05) is 6.92 Å². The summed E-state index contributed by atoms with van der Waals surface area (Å²) in [5, 5.41) is 6.42. The Morgan fingerprint density at radius 1 is 1.69 bits per heavy atom. The lowest BCUT2D eigenvalue weighted by Gasteiger charge is -2.11. The van der Waals surface area contributed by atoms with Gasteiger partial charge >= 0.3 is 0 Å². The lowest BCUT2D eigenvalue weighted by Crippen LogP contribution is -2.27. The van der Waals surface area contributed by atoms with Crippen LogP contribution in [0.3, 0.4) is 0 Å². The first-order chi connectivity index (χ1) is 7.40. The van der Waals surface area contributed by atoms with Crippen LogP contribution in [-0.2, 0) is 11.3 Å². The standard InChI is InChI=1S/C10H13F2N3O/c1-3-15-7(4-5-13-15)14-8(16)9(2)6-10(9,11)12/h4-5H,3,6H2,1-2H3,(H,14,16)/t9-/m1/s1. The van der Waals surface area contributed by atoms with Crippen LogP contribution >= 0.6 is 0 Å². The summed E-state index contributed by atoms with van der Waals surface area (Å²) < 4.78 is 27.5. The summed E-state index contributed by atoms with van der Waals surface area (Å²) in [6, 6.07) is 1.59. The van der Waals surface area contributed by atoms with Crippen LogP contribution in [0, 0.1) is 5.41 Å². The summed E-state index contributed by atoms with van der Waals surface area (Å²) >= 11 is 0. The number of anilines is 1. The molecular formula is C10H13F2N3O. The molecule has 88 valence electrons. The molecule has 1 atom stereocenters. The summed E-state index contributed by atoms with van der Waals surface area (Å²) in [6.45, 7) is 3.71. The quantitative estimate of drug-likeness (QED) is 0.860. The molecule has 16 heavy (non-hydrogen) atoms. The molecule has 1 fully saturated rings. The molecule has 1 aliphatic carbocycles. The monoisotopic (exact) mass is 229 g/mol. The third-order valence-electron chi connectivity index (χ3n) is 3.02. The van der Waals surface area contributed by atoms with Crippen molar-refractivity contribution in [3.8, 4) is 0 Å². The van der Waals surface area contributed by atoms with Crippen molar-refractivity contribution in [2.24, 2.45) is 5.41 Å². The molecule has 1 amide bonds. The smallest absolute Gasteiger partial charge is 0.263 e. The molecule has 1 aliphatic rings. The molecular weight excluding hydrogens is 216 g/mol. The molecule has 1 aromatic rings. The zero-order chi connectivity index (χ0) is 12.0. The number of aromatic nitrogens is 2. The molecule has 0 unspecified atom stereocenters. The first-order valence-corrected chi connectivity index (χ1v) is 5.12. The van der Waals surface area contributed by atoms with Crippen LogP contribution in [0.25, 0.3) is 0 Å². The molecule has 0 aromatic carbocycles. The third-order valence-corrected chi connectivity index (χ3v) is 3.02. The van der Waals surface area contributed by atoms with Gasteiger partial charge in [-0.1, -0.05) is 0 Å². The zero-order valence-electron chi connectivity index (χ0n) is 9.13. The largest absolute Gasteiger partial charge is 0.310 e. The maximum absolute atomic E-state index is 13.0. The number of halogens is 2. The minimum atomic E-state index is -2.88. The highest BCUT2D eigenvalue weighted by Gasteiger charge is 2.72. The first-order valence-electron chi connectivity index (χ1n) is 5.12. The molecule has 6 heteroatoms. The van der Waals surface area contributed by atoms with Crippen molar-refractivity contribution in [1.29, 1.82) is 0 Å². The molecule has 0 bridgehead atoms. The molecule has 0 aliphatic heterocycles. The molecule has 0 spiro atoms. The fourth-order valence-corrected chi connectivity index (χ4v) is 1.59. The van der Waals surface area contributed by atoms with E-state index in [9.17, 15) is 13.6 Å². The summed E-state index contributed by atoms with van der Waals surface area (Å²) in [5.74, 6) is -3.07. The van der Waals surface area contributed by atoms with Crippen molar-refractivity contribution >= 4 is 11.7 Å². The molecule has 0 saturated heterocycles. The van der Waals surface area contributed by atoms with Gasteiger partial charge < -0.3 is 5.32 Å². The van der Waals surface area contributed by atoms with E-state index in [-0.39, 0.29) is 6.42 Å². The van der Waals surface area contributed by atoms with Crippen molar-refractivity contribution in [2.45, 2.75) is 32.7 Å². The van der Waals surface area contributed by atoms with Gasteiger partial charge in [-0.05, 0) is 13.8 Å². The van der Waals surface area contributed by atoms with Gasteiger partial charge in [0.1, 0.15) is 11.2 Å². The molecule has 1 N–H and O–H groups in total. The Balaban J connectivity index is 2.10. The maximum atomic E-state index is 13.0. The maximum Gasteiger partial charge on any atom is 0.263 e. The van der Waals surface area contributed by atoms with Crippen LogP contribution in [0.1, 0.15) is 20.3 Å². The topological polar surface area (TPSA) is 46.9 Å². The summed E-state index contributed by atoms with van der Waals surface area (Å²) in [6.07, 6.45) is 1.14. The predicted molar refractivity (Wildman–Crippen MR) is 54.2 cm³/mol. The van der Waals surface area contributed by atoms with Gasteiger partial charge in [0.2, 0.25) is 5.91 Å². The SMILES string of the molecule is CCn1nccc1NC(=O)[C@@]1(C)CC1(F)F. The van der Waals surface area contributed by atoms with E-state index in [1.165, 1.54) is 13.1 Å². The Kier molecular flexibility index (Phi) is 2.25. The van der Waals surface area contributed by atoms with Crippen LogP contribution < -0.4 is 5.32 Å². The van der Waals surface area contributed by atoms with Gasteiger partial charge in [-0.3, -0.25) is 4.79 Å². The van der Waals surface area contributed by atoms with Gasteiger partial charge in [-0.15, -0.1) is 0 Å². The van der Waals surface area contributed by atoms with E-state index in [4.69, 9.17) is 0 Å². The molecule has 4 nitrogen and oxygen atoms in total.